The Kier molecular flexibility index (Phi) is 3.72. The van der Waals surface area contributed by atoms with Crippen molar-refractivity contribution in [1.82, 2.24) is 14.9 Å². The number of aromatic nitrogens is 3. The van der Waals surface area contributed by atoms with Crippen molar-refractivity contribution >= 4 is 23.4 Å². The van der Waals surface area contributed by atoms with E-state index >= 15 is 0 Å². The Bertz CT molecular complexity index is 772. The lowest BCUT2D eigenvalue weighted by atomic mass is 10.2. The molecule has 4 rings (SSSR count). The summed E-state index contributed by atoms with van der Waals surface area (Å²) in [7, 11) is 0. The van der Waals surface area contributed by atoms with Gasteiger partial charge < -0.3 is 20.6 Å². The molecule has 3 N–H and O–H groups in total. The molecule has 1 saturated carbocycles. The van der Waals surface area contributed by atoms with E-state index < -0.39 is 5.79 Å². The van der Waals surface area contributed by atoms with E-state index in [0.29, 0.717) is 16.6 Å². The molecule has 2 aliphatic rings. The Balaban J connectivity index is 1.38. The summed E-state index contributed by atoms with van der Waals surface area (Å²) in [6.45, 7) is 0. The van der Waals surface area contributed by atoms with E-state index in [4.69, 9.17) is 15.3 Å². The standard InChI is InChI=1S/C15H17N5O3S/c16-20-9-17-19-14(20)24-8-13(21)18-10-3-4-11-12(7-10)23-15(22-11)5-1-2-6-15/h3-4,7,9H,1-2,5-6,8,16H2,(H,18,21). The van der Waals surface area contributed by atoms with Gasteiger partial charge in [0.1, 0.15) is 6.33 Å². The molecule has 1 spiro atoms. The van der Waals surface area contributed by atoms with E-state index in [1.807, 2.05) is 12.1 Å². The second kappa shape index (κ2) is 5.90. The molecule has 0 atom stereocenters. The first-order chi connectivity index (χ1) is 11.6. The zero-order valence-corrected chi connectivity index (χ0v) is 13.7. The van der Waals surface area contributed by atoms with Crippen molar-refractivity contribution < 1.29 is 14.3 Å². The maximum atomic E-state index is 12.1. The molecule has 1 aromatic heterocycles. The summed E-state index contributed by atoms with van der Waals surface area (Å²) in [5.41, 5.74) is 0.673. The molecule has 8 nitrogen and oxygen atoms in total. The number of nitrogens with two attached hydrogens (primary N) is 1. The fourth-order valence-electron chi connectivity index (χ4n) is 2.95. The van der Waals surface area contributed by atoms with Gasteiger partial charge in [-0.25, -0.2) is 4.68 Å². The number of amides is 1. The fourth-order valence-corrected chi connectivity index (χ4v) is 3.59. The van der Waals surface area contributed by atoms with Gasteiger partial charge in [0, 0.05) is 24.6 Å². The van der Waals surface area contributed by atoms with Crippen molar-refractivity contribution in [1.29, 1.82) is 0 Å². The Morgan fingerprint density at radius 1 is 1.33 bits per heavy atom. The molecular weight excluding hydrogens is 330 g/mol. The lowest BCUT2D eigenvalue weighted by molar-refractivity contribution is -0.113. The van der Waals surface area contributed by atoms with Crippen LogP contribution < -0.4 is 20.6 Å². The van der Waals surface area contributed by atoms with Gasteiger partial charge >= 0.3 is 0 Å². The average Bonchev–Trinajstić information content (AvgIpc) is 3.26. The minimum absolute atomic E-state index is 0.155. The number of hydrogen-bond acceptors (Lipinski definition) is 7. The molecule has 9 heteroatoms. The highest BCUT2D eigenvalue weighted by molar-refractivity contribution is 7.99. The van der Waals surface area contributed by atoms with Crippen LogP contribution in [0.25, 0.3) is 0 Å². The number of anilines is 1. The third-order valence-electron chi connectivity index (χ3n) is 4.06. The summed E-state index contributed by atoms with van der Waals surface area (Å²) in [5.74, 6) is 6.57. The van der Waals surface area contributed by atoms with Crippen LogP contribution >= 0.6 is 11.8 Å². The maximum Gasteiger partial charge on any atom is 0.251 e. The predicted octanol–water partition coefficient (Wildman–Crippen LogP) is 1.76. The smallest absolute Gasteiger partial charge is 0.251 e. The van der Waals surface area contributed by atoms with Gasteiger partial charge in [0.2, 0.25) is 11.1 Å². The van der Waals surface area contributed by atoms with Gasteiger partial charge in [-0.2, -0.15) is 0 Å². The molecule has 0 radical (unpaired) electrons. The van der Waals surface area contributed by atoms with Crippen LogP contribution in [0.3, 0.4) is 0 Å². The molecule has 1 amide bonds. The van der Waals surface area contributed by atoms with Crippen LogP contribution in [-0.2, 0) is 4.79 Å². The molecule has 126 valence electrons. The summed E-state index contributed by atoms with van der Waals surface area (Å²) in [4.78, 5) is 12.1. The number of carbonyl (C=O) groups excluding carboxylic acids is 1. The van der Waals surface area contributed by atoms with E-state index in [2.05, 4.69) is 15.5 Å². The number of carbonyl (C=O) groups is 1. The zero-order chi connectivity index (χ0) is 16.6. The summed E-state index contributed by atoms with van der Waals surface area (Å²) in [5, 5.41) is 10.8. The second-order valence-corrected chi connectivity index (χ2v) is 6.78. The van der Waals surface area contributed by atoms with Crippen LogP contribution in [0.1, 0.15) is 25.7 Å². The maximum absolute atomic E-state index is 12.1. The normalized spacial score (nSPS) is 17.3. The summed E-state index contributed by atoms with van der Waals surface area (Å²) >= 11 is 1.22. The number of ether oxygens (including phenoxy) is 2. The van der Waals surface area contributed by atoms with Gasteiger partial charge in [0.05, 0.1) is 5.75 Å². The first kappa shape index (κ1) is 15.1. The lowest BCUT2D eigenvalue weighted by Gasteiger charge is -2.21. The van der Waals surface area contributed by atoms with Crippen molar-refractivity contribution in [3.05, 3.63) is 24.5 Å². The number of rotatable bonds is 4. The lowest BCUT2D eigenvalue weighted by Crippen LogP contribution is -2.34. The highest BCUT2D eigenvalue weighted by Crippen LogP contribution is 2.47. The molecule has 1 aliphatic heterocycles. The second-order valence-electron chi connectivity index (χ2n) is 5.84. The van der Waals surface area contributed by atoms with Crippen LogP contribution in [0.4, 0.5) is 5.69 Å². The van der Waals surface area contributed by atoms with E-state index in [1.165, 1.54) is 22.8 Å². The highest BCUT2D eigenvalue weighted by atomic mass is 32.2. The van der Waals surface area contributed by atoms with E-state index in [1.54, 1.807) is 6.07 Å². The van der Waals surface area contributed by atoms with Gasteiger partial charge in [-0.1, -0.05) is 11.8 Å². The molecule has 2 aromatic rings. The van der Waals surface area contributed by atoms with Crippen LogP contribution in [0, 0.1) is 0 Å². The molecule has 2 heterocycles. The quantitative estimate of drug-likeness (QED) is 0.641. The van der Waals surface area contributed by atoms with Crippen LogP contribution in [-0.4, -0.2) is 32.3 Å². The molecule has 0 bridgehead atoms. The third kappa shape index (κ3) is 2.86. The van der Waals surface area contributed by atoms with Crippen LogP contribution in [0.5, 0.6) is 11.5 Å². The summed E-state index contributed by atoms with van der Waals surface area (Å²) < 4.78 is 13.2. The number of nitrogen functional groups attached to an aromatic ring is 1. The zero-order valence-electron chi connectivity index (χ0n) is 12.9. The Hall–Kier alpha value is -2.42. The summed E-state index contributed by atoms with van der Waals surface area (Å²) in [6, 6.07) is 5.45. The van der Waals surface area contributed by atoms with Gasteiger partial charge in [-0.05, 0) is 25.0 Å². The molecular formula is C15H17N5O3S. The monoisotopic (exact) mass is 347 g/mol. The Morgan fingerprint density at radius 3 is 2.88 bits per heavy atom. The van der Waals surface area contributed by atoms with E-state index in [-0.39, 0.29) is 11.7 Å². The molecule has 0 saturated heterocycles. The largest absolute Gasteiger partial charge is 0.448 e. The van der Waals surface area contributed by atoms with Gasteiger partial charge in [0.15, 0.2) is 11.5 Å². The van der Waals surface area contributed by atoms with Gasteiger partial charge in [-0.15, -0.1) is 10.2 Å². The SMILES string of the molecule is Nn1cnnc1SCC(=O)Nc1ccc2c(c1)OC1(CCCC1)O2. The minimum atomic E-state index is -0.494. The molecule has 0 unspecified atom stereocenters. The van der Waals surface area contributed by atoms with E-state index in [9.17, 15) is 4.79 Å². The van der Waals surface area contributed by atoms with Gasteiger partial charge in [-0.3, -0.25) is 4.79 Å². The number of benzene rings is 1. The number of thioether (sulfide) groups is 1. The first-order valence-electron chi connectivity index (χ1n) is 7.73. The fraction of sp³-hybridized carbons (Fsp3) is 0.400. The number of nitrogens with one attached hydrogen (secondary N) is 1. The highest BCUT2D eigenvalue weighted by Gasteiger charge is 2.44. The van der Waals surface area contributed by atoms with Crippen LogP contribution in [0.2, 0.25) is 0 Å². The Labute approximate surface area is 142 Å². The minimum Gasteiger partial charge on any atom is -0.448 e. The first-order valence-corrected chi connectivity index (χ1v) is 8.72. The van der Waals surface area contributed by atoms with Crippen molar-refractivity contribution in [2.45, 2.75) is 36.6 Å². The topological polar surface area (TPSA) is 104 Å². The number of fused-ring (bicyclic) bond motifs is 1. The average molecular weight is 347 g/mol. The summed E-state index contributed by atoms with van der Waals surface area (Å²) in [6.07, 6.45) is 5.41. The van der Waals surface area contributed by atoms with Crippen molar-refractivity contribution in [2.24, 2.45) is 0 Å². The molecule has 1 aliphatic carbocycles. The molecule has 1 fully saturated rings. The van der Waals surface area contributed by atoms with Crippen LogP contribution in [0.15, 0.2) is 29.7 Å². The van der Waals surface area contributed by atoms with Crippen molar-refractivity contribution in [2.75, 3.05) is 16.9 Å². The Morgan fingerprint density at radius 2 is 2.12 bits per heavy atom. The van der Waals surface area contributed by atoms with Crippen molar-refractivity contribution in [3.63, 3.8) is 0 Å². The van der Waals surface area contributed by atoms with Gasteiger partial charge in [0.25, 0.3) is 5.79 Å². The molecule has 1 aromatic carbocycles. The number of hydrogen-bond donors (Lipinski definition) is 2. The van der Waals surface area contributed by atoms with Crippen molar-refractivity contribution in [3.8, 4) is 11.5 Å². The predicted molar refractivity (Wildman–Crippen MR) is 88.4 cm³/mol. The number of nitrogens with zero attached hydrogens (tertiary/aromatic N) is 3. The van der Waals surface area contributed by atoms with E-state index in [0.717, 1.165) is 31.4 Å². The third-order valence-corrected chi connectivity index (χ3v) is 5.01. The molecule has 24 heavy (non-hydrogen) atoms.